The minimum absolute atomic E-state index is 0.0742. The lowest BCUT2D eigenvalue weighted by Crippen LogP contribution is -2.60. The first-order valence-electron chi connectivity index (χ1n) is 16.4. The van der Waals surface area contributed by atoms with E-state index in [4.69, 9.17) is 16.3 Å². The SMILES string of the molecule is CC.CC.CC(C)(C)OC(=O)N1CCC(N2CC(Nc3ccc(C(=O)N4CCN(C(=O)C5CCC5)CC4)c(Cl)c3)C2)CC1. The molecule has 3 heterocycles. The second-order valence-corrected chi connectivity index (χ2v) is 12.8. The molecule has 242 valence electrons. The molecule has 3 aliphatic heterocycles. The van der Waals surface area contributed by atoms with E-state index in [0.29, 0.717) is 48.8 Å². The molecule has 1 aromatic carbocycles. The molecule has 0 atom stereocenters. The number of rotatable bonds is 5. The number of benzene rings is 1. The van der Waals surface area contributed by atoms with Crippen LogP contribution < -0.4 is 5.32 Å². The van der Waals surface area contributed by atoms with Crippen molar-refractivity contribution in [2.75, 3.05) is 57.7 Å². The van der Waals surface area contributed by atoms with Gasteiger partial charge in [-0.2, -0.15) is 0 Å². The first-order chi connectivity index (χ1) is 20.6. The Kier molecular flexibility index (Phi) is 13.0. The number of carbonyl (C=O) groups excluding carboxylic acids is 3. The Morgan fingerprint density at radius 3 is 1.93 bits per heavy atom. The molecule has 10 heteroatoms. The highest BCUT2D eigenvalue weighted by molar-refractivity contribution is 6.34. The lowest BCUT2D eigenvalue weighted by molar-refractivity contribution is -0.139. The van der Waals surface area contributed by atoms with Crippen molar-refractivity contribution < 1.29 is 19.1 Å². The number of nitrogens with zero attached hydrogens (tertiary/aromatic N) is 4. The number of likely N-dealkylation sites (tertiary alicyclic amines) is 2. The Hall–Kier alpha value is -2.52. The van der Waals surface area contributed by atoms with Crippen molar-refractivity contribution in [1.82, 2.24) is 19.6 Å². The minimum atomic E-state index is -0.468. The van der Waals surface area contributed by atoms with Crippen molar-refractivity contribution in [2.45, 2.75) is 98.3 Å². The van der Waals surface area contributed by atoms with Crippen LogP contribution in [0.2, 0.25) is 5.02 Å². The summed E-state index contributed by atoms with van der Waals surface area (Å²) in [5.41, 5.74) is 0.953. The molecule has 3 amide bonds. The first kappa shape index (κ1) is 35.0. The van der Waals surface area contributed by atoms with Crippen LogP contribution >= 0.6 is 11.6 Å². The number of halogens is 1. The fourth-order valence-electron chi connectivity index (χ4n) is 5.87. The van der Waals surface area contributed by atoms with E-state index in [1.54, 1.807) is 4.90 Å². The van der Waals surface area contributed by atoms with Crippen LogP contribution in [0.3, 0.4) is 0 Å². The zero-order valence-corrected chi connectivity index (χ0v) is 28.2. The van der Waals surface area contributed by atoms with E-state index in [1.165, 1.54) is 0 Å². The van der Waals surface area contributed by atoms with Crippen LogP contribution in [0.5, 0.6) is 0 Å². The van der Waals surface area contributed by atoms with Gasteiger partial charge in [-0.1, -0.05) is 45.7 Å². The molecule has 4 fully saturated rings. The predicted octanol–water partition coefficient (Wildman–Crippen LogP) is 5.97. The molecule has 4 aliphatic rings. The van der Waals surface area contributed by atoms with Gasteiger partial charge in [-0.15, -0.1) is 0 Å². The van der Waals surface area contributed by atoms with Crippen molar-refractivity contribution in [3.8, 4) is 0 Å². The summed E-state index contributed by atoms with van der Waals surface area (Å²) in [6.45, 7) is 19.3. The molecular weight excluding hydrogens is 566 g/mol. The third kappa shape index (κ3) is 9.24. The molecule has 1 aromatic rings. The van der Waals surface area contributed by atoms with Gasteiger partial charge < -0.3 is 24.8 Å². The highest BCUT2D eigenvalue weighted by atomic mass is 35.5. The molecule has 0 spiro atoms. The average molecular weight is 620 g/mol. The van der Waals surface area contributed by atoms with Crippen molar-refractivity contribution in [3.63, 3.8) is 0 Å². The summed E-state index contributed by atoms with van der Waals surface area (Å²) in [7, 11) is 0. The smallest absolute Gasteiger partial charge is 0.410 e. The molecule has 1 N–H and O–H groups in total. The Bertz CT molecular complexity index is 1070. The number of piperazine rings is 1. The standard InChI is InChI=1S/C29H42ClN5O4.2C2H6/c1-29(2,3)39-28(38)34-11-9-23(10-12-34)35-18-22(19-35)31-21-7-8-24(25(30)17-21)27(37)33-15-13-32(14-16-33)26(36)20-5-4-6-20;2*1-2/h7-8,17,20,22-23,31H,4-6,9-16,18-19H2,1-3H3;2*1-2H3. The Labute approximate surface area is 264 Å². The number of ether oxygens (including phenoxy) is 1. The summed E-state index contributed by atoms with van der Waals surface area (Å²) in [5.74, 6) is 0.374. The molecule has 1 saturated carbocycles. The highest BCUT2D eigenvalue weighted by Crippen LogP contribution is 2.30. The summed E-state index contributed by atoms with van der Waals surface area (Å²) in [4.78, 5) is 45.9. The van der Waals surface area contributed by atoms with Gasteiger partial charge in [0, 0.05) is 70.0 Å². The Morgan fingerprint density at radius 2 is 1.42 bits per heavy atom. The molecule has 1 aliphatic carbocycles. The van der Waals surface area contributed by atoms with Gasteiger partial charge in [-0.3, -0.25) is 14.5 Å². The maximum absolute atomic E-state index is 13.1. The van der Waals surface area contributed by atoms with E-state index >= 15 is 0 Å². The largest absolute Gasteiger partial charge is 0.444 e. The molecular formula is C33H54ClN5O4. The second-order valence-electron chi connectivity index (χ2n) is 12.4. The second kappa shape index (κ2) is 16.0. The van der Waals surface area contributed by atoms with Gasteiger partial charge in [0.1, 0.15) is 5.60 Å². The van der Waals surface area contributed by atoms with Gasteiger partial charge in [-0.05, 0) is 64.7 Å². The van der Waals surface area contributed by atoms with Crippen molar-refractivity contribution in [2.24, 2.45) is 5.92 Å². The number of hydrogen-bond acceptors (Lipinski definition) is 6. The van der Waals surface area contributed by atoms with E-state index in [1.807, 2.05) is 76.5 Å². The van der Waals surface area contributed by atoms with Gasteiger partial charge in [0.05, 0.1) is 16.6 Å². The van der Waals surface area contributed by atoms with E-state index in [0.717, 1.165) is 64.0 Å². The lowest BCUT2D eigenvalue weighted by atomic mass is 9.84. The summed E-state index contributed by atoms with van der Waals surface area (Å²) in [6, 6.07) is 6.38. The van der Waals surface area contributed by atoms with Gasteiger partial charge >= 0.3 is 6.09 Å². The van der Waals surface area contributed by atoms with Crippen LogP contribution in [0.4, 0.5) is 10.5 Å². The number of piperidine rings is 1. The quantitative estimate of drug-likeness (QED) is 0.437. The topological polar surface area (TPSA) is 85.4 Å². The third-order valence-electron chi connectivity index (χ3n) is 8.45. The van der Waals surface area contributed by atoms with Crippen LogP contribution in [0, 0.1) is 5.92 Å². The van der Waals surface area contributed by atoms with E-state index < -0.39 is 5.60 Å². The normalized spacial score (nSPS) is 20.0. The molecule has 0 radical (unpaired) electrons. The molecule has 9 nitrogen and oxygen atoms in total. The molecule has 0 unspecified atom stereocenters. The fourth-order valence-corrected chi connectivity index (χ4v) is 6.13. The Morgan fingerprint density at radius 1 is 0.837 bits per heavy atom. The number of hydrogen-bond donors (Lipinski definition) is 1. The summed E-state index contributed by atoms with van der Waals surface area (Å²) >= 11 is 6.56. The first-order valence-corrected chi connectivity index (χ1v) is 16.8. The summed E-state index contributed by atoms with van der Waals surface area (Å²) in [5, 5.41) is 3.99. The molecule has 5 rings (SSSR count). The van der Waals surface area contributed by atoms with Crippen molar-refractivity contribution in [3.05, 3.63) is 28.8 Å². The summed E-state index contributed by atoms with van der Waals surface area (Å²) < 4.78 is 5.50. The van der Waals surface area contributed by atoms with Gasteiger partial charge in [0.2, 0.25) is 5.91 Å². The molecule has 3 saturated heterocycles. The number of amides is 3. The van der Waals surface area contributed by atoms with E-state index in [2.05, 4.69) is 10.2 Å². The molecule has 0 aromatic heterocycles. The molecule has 43 heavy (non-hydrogen) atoms. The van der Waals surface area contributed by atoms with Crippen LogP contribution in [0.15, 0.2) is 18.2 Å². The van der Waals surface area contributed by atoms with Crippen LogP contribution in [0.25, 0.3) is 0 Å². The highest BCUT2D eigenvalue weighted by Gasteiger charge is 2.36. The molecule has 0 bridgehead atoms. The average Bonchev–Trinajstić information content (AvgIpc) is 2.95. The number of anilines is 1. The number of carbonyl (C=O) groups is 3. The van der Waals surface area contributed by atoms with Gasteiger partial charge in [0.15, 0.2) is 0 Å². The van der Waals surface area contributed by atoms with Gasteiger partial charge in [0.25, 0.3) is 5.91 Å². The van der Waals surface area contributed by atoms with Crippen molar-refractivity contribution in [1.29, 1.82) is 0 Å². The zero-order chi connectivity index (χ0) is 31.7. The minimum Gasteiger partial charge on any atom is -0.444 e. The third-order valence-corrected chi connectivity index (χ3v) is 8.76. The maximum Gasteiger partial charge on any atom is 0.410 e. The van der Waals surface area contributed by atoms with Gasteiger partial charge in [-0.25, -0.2) is 4.79 Å². The Balaban J connectivity index is 0.00000121. The van der Waals surface area contributed by atoms with Crippen molar-refractivity contribution >= 4 is 35.2 Å². The monoisotopic (exact) mass is 619 g/mol. The van der Waals surface area contributed by atoms with E-state index in [9.17, 15) is 14.4 Å². The van der Waals surface area contributed by atoms with Crippen LogP contribution in [-0.2, 0) is 9.53 Å². The van der Waals surface area contributed by atoms with Crippen LogP contribution in [-0.4, -0.2) is 108 Å². The van der Waals surface area contributed by atoms with E-state index in [-0.39, 0.29) is 23.8 Å². The van der Waals surface area contributed by atoms with Crippen LogP contribution in [0.1, 0.15) is 90.9 Å². The zero-order valence-electron chi connectivity index (χ0n) is 27.5. The predicted molar refractivity (Wildman–Crippen MR) is 174 cm³/mol. The fraction of sp³-hybridized carbons (Fsp3) is 0.727. The lowest BCUT2D eigenvalue weighted by Gasteiger charge is -2.47. The summed E-state index contributed by atoms with van der Waals surface area (Å²) in [6.07, 6.45) is 4.84. The maximum atomic E-state index is 13.1. The number of nitrogens with one attached hydrogen (secondary N) is 1.